The lowest BCUT2D eigenvalue weighted by Crippen LogP contribution is -2.42. The molecule has 2 rings (SSSR count). The van der Waals surface area contributed by atoms with Crippen molar-refractivity contribution >= 4 is 23.2 Å². The SMILES string of the molecule is Cc1ncsc1CCC(=O)N[C@@H](Cc1ccco1)C(=O)O. The Kier molecular flexibility index (Phi) is 5.10. The van der Waals surface area contributed by atoms with Gasteiger partial charge in [0, 0.05) is 17.7 Å². The largest absolute Gasteiger partial charge is 0.480 e. The van der Waals surface area contributed by atoms with E-state index in [-0.39, 0.29) is 18.7 Å². The summed E-state index contributed by atoms with van der Waals surface area (Å²) in [6.07, 6.45) is 2.41. The van der Waals surface area contributed by atoms with Crippen LogP contribution in [0.5, 0.6) is 0 Å². The Bertz CT molecular complexity index is 606. The predicted molar refractivity (Wildman–Crippen MR) is 77.2 cm³/mol. The van der Waals surface area contributed by atoms with E-state index in [9.17, 15) is 9.59 Å². The van der Waals surface area contributed by atoms with E-state index in [2.05, 4.69) is 10.3 Å². The number of hydrogen-bond acceptors (Lipinski definition) is 5. The number of hydrogen-bond donors (Lipinski definition) is 2. The quantitative estimate of drug-likeness (QED) is 0.813. The number of aliphatic carboxylic acids is 1. The zero-order valence-corrected chi connectivity index (χ0v) is 12.4. The molecule has 21 heavy (non-hydrogen) atoms. The molecule has 2 aromatic heterocycles. The van der Waals surface area contributed by atoms with E-state index in [1.165, 1.54) is 17.6 Å². The van der Waals surface area contributed by atoms with Gasteiger partial charge in [-0.2, -0.15) is 0 Å². The van der Waals surface area contributed by atoms with Gasteiger partial charge in [0.05, 0.1) is 17.5 Å². The summed E-state index contributed by atoms with van der Waals surface area (Å²) in [5.41, 5.74) is 2.65. The molecule has 0 aliphatic rings. The summed E-state index contributed by atoms with van der Waals surface area (Å²) >= 11 is 1.50. The van der Waals surface area contributed by atoms with Crippen LogP contribution < -0.4 is 5.32 Å². The molecule has 2 N–H and O–H groups in total. The van der Waals surface area contributed by atoms with Crippen LogP contribution in [0.4, 0.5) is 0 Å². The topological polar surface area (TPSA) is 92.4 Å². The summed E-state index contributed by atoms with van der Waals surface area (Å²) < 4.78 is 5.11. The molecule has 0 unspecified atom stereocenters. The molecule has 2 aromatic rings. The van der Waals surface area contributed by atoms with Gasteiger partial charge in [0.25, 0.3) is 0 Å². The number of carboxylic acids is 1. The fourth-order valence-corrected chi connectivity index (χ4v) is 2.67. The van der Waals surface area contributed by atoms with Crippen LogP contribution in [-0.4, -0.2) is 28.0 Å². The molecule has 6 nitrogen and oxygen atoms in total. The van der Waals surface area contributed by atoms with E-state index < -0.39 is 12.0 Å². The highest BCUT2D eigenvalue weighted by molar-refractivity contribution is 7.09. The van der Waals surface area contributed by atoms with Gasteiger partial charge < -0.3 is 14.8 Å². The number of amides is 1. The minimum absolute atomic E-state index is 0.133. The highest BCUT2D eigenvalue weighted by Gasteiger charge is 2.21. The van der Waals surface area contributed by atoms with Crippen LogP contribution >= 0.6 is 11.3 Å². The van der Waals surface area contributed by atoms with Crippen LogP contribution in [0.3, 0.4) is 0 Å². The van der Waals surface area contributed by atoms with Gasteiger partial charge in [0.1, 0.15) is 11.8 Å². The molecule has 0 aliphatic heterocycles. The van der Waals surface area contributed by atoms with Gasteiger partial charge in [-0.05, 0) is 25.5 Å². The second-order valence-electron chi connectivity index (χ2n) is 4.60. The molecule has 1 amide bonds. The lowest BCUT2D eigenvalue weighted by Gasteiger charge is -2.13. The van der Waals surface area contributed by atoms with Gasteiger partial charge in [-0.25, -0.2) is 9.78 Å². The maximum absolute atomic E-state index is 11.9. The Balaban J connectivity index is 1.86. The average molecular weight is 308 g/mol. The molecule has 2 heterocycles. The molecule has 0 saturated heterocycles. The Morgan fingerprint density at radius 2 is 2.33 bits per heavy atom. The monoisotopic (exact) mass is 308 g/mol. The van der Waals surface area contributed by atoms with Gasteiger partial charge in [-0.1, -0.05) is 0 Å². The number of furan rings is 1. The molecule has 0 saturated carbocycles. The first-order valence-corrected chi connectivity index (χ1v) is 7.37. The normalized spacial score (nSPS) is 12.0. The Morgan fingerprint density at radius 1 is 1.52 bits per heavy atom. The third-order valence-corrected chi connectivity index (χ3v) is 4.04. The molecule has 7 heteroatoms. The first kappa shape index (κ1) is 15.2. The standard InChI is InChI=1S/C14H16N2O4S/c1-9-12(21-8-15-9)4-5-13(17)16-11(14(18)19)7-10-3-2-6-20-10/h2-3,6,8,11H,4-5,7H2,1H3,(H,16,17)(H,18,19)/t11-/m0/s1. The number of carboxylic acid groups (broad SMARTS) is 1. The molecule has 0 aromatic carbocycles. The van der Waals surface area contributed by atoms with Crippen molar-refractivity contribution in [2.45, 2.75) is 32.2 Å². The van der Waals surface area contributed by atoms with E-state index in [1.807, 2.05) is 6.92 Å². The minimum atomic E-state index is -1.08. The molecule has 0 spiro atoms. The van der Waals surface area contributed by atoms with Crippen molar-refractivity contribution in [3.8, 4) is 0 Å². The number of aromatic nitrogens is 1. The Hall–Kier alpha value is -2.15. The van der Waals surface area contributed by atoms with Gasteiger partial charge in [-0.15, -0.1) is 11.3 Å². The molecule has 0 fully saturated rings. The summed E-state index contributed by atoms with van der Waals surface area (Å²) in [5.74, 6) is -0.837. The zero-order chi connectivity index (χ0) is 15.2. The van der Waals surface area contributed by atoms with Gasteiger partial charge in [0.2, 0.25) is 5.91 Å². The Labute approximate surface area is 125 Å². The fourth-order valence-electron chi connectivity index (χ4n) is 1.89. The fraction of sp³-hybridized carbons (Fsp3) is 0.357. The third-order valence-electron chi connectivity index (χ3n) is 3.04. The van der Waals surface area contributed by atoms with Crippen LogP contribution in [0.2, 0.25) is 0 Å². The maximum atomic E-state index is 11.9. The third kappa shape index (κ3) is 4.42. The summed E-state index contributed by atoms with van der Waals surface area (Å²) in [6, 6.07) is 2.39. The van der Waals surface area contributed by atoms with Crippen LogP contribution in [0, 0.1) is 6.92 Å². The van der Waals surface area contributed by atoms with Crippen LogP contribution in [0.1, 0.15) is 22.8 Å². The molecule has 0 radical (unpaired) electrons. The van der Waals surface area contributed by atoms with E-state index in [0.29, 0.717) is 12.2 Å². The first-order chi connectivity index (χ1) is 10.1. The number of carbonyl (C=O) groups excluding carboxylic acids is 1. The molecular formula is C14H16N2O4S. The molecule has 0 bridgehead atoms. The van der Waals surface area contributed by atoms with Crippen LogP contribution in [0.15, 0.2) is 28.3 Å². The van der Waals surface area contributed by atoms with E-state index in [4.69, 9.17) is 9.52 Å². The number of rotatable bonds is 7. The van der Waals surface area contributed by atoms with E-state index in [1.54, 1.807) is 17.6 Å². The molecule has 0 aliphatic carbocycles. The van der Waals surface area contributed by atoms with Gasteiger partial charge in [-0.3, -0.25) is 4.79 Å². The highest BCUT2D eigenvalue weighted by Crippen LogP contribution is 2.14. The van der Waals surface area contributed by atoms with Crippen LogP contribution in [0.25, 0.3) is 0 Å². The maximum Gasteiger partial charge on any atom is 0.326 e. The molecule has 1 atom stereocenters. The number of nitrogens with zero attached hydrogens (tertiary/aromatic N) is 1. The highest BCUT2D eigenvalue weighted by atomic mass is 32.1. The van der Waals surface area contributed by atoms with Crippen molar-refractivity contribution in [1.29, 1.82) is 0 Å². The van der Waals surface area contributed by atoms with E-state index in [0.717, 1.165) is 10.6 Å². The van der Waals surface area contributed by atoms with Crippen molar-refractivity contribution in [3.63, 3.8) is 0 Å². The lowest BCUT2D eigenvalue weighted by molar-refractivity contribution is -0.141. The first-order valence-electron chi connectivity index (χ1n) is 6.49. The molecule has 112 valence electrons. The Morgan fingerprint density at radius 3 is 2.90 bits per heavy atom. The average Bonchev–Trinajstić information content (AvgIpc) is 3.07. The van der Waals surface area contributed by atoms with Gasteiger partial charge in [0.15, 0.2) is 0 Å². The second kappa shape index (κ2) is 7.03. The number of carbonyl (C=O) groups is 2. The zero-order valence-electron chi connectivity index (χ0n) is 11.5. The van der Waals surface area contributed by atoms with Crippen molar-refractivity contribution in [3.05, 3.63) is 40.2 Å². The minimum Gasteiger partial charge on any atom is -0.480 e. The molecular weight excluding hydrogens is 292 g/mol. The summed E-state index contributed by atoms with van der Waals surface area (Å²) in [7, 11) is 0. The van der Waals surface area contributed by atoms with Crippen molar-refractivity contribution in [2.24, 2.45) is 0 Å². The van der Waals surface area contributed by atoms with Crippen molar-refractivity contribution in [2.75, 3.05) is 0 Å². The summed E-state index contributed by atoms with van der Waals surface area (Å²) in [5, 5.41) is 11.7. The number of aryl methyl sites for hydroxylation is 2. The number of thiazole rings is 1. The number of nitrogens with one attached hydrogen (secondary N) is 1. The van der Waals surface area contributed by atoms with Crippen molar-refractivity contribution < 1.29 is 19.1 Å². The second-order valence-corrected chi connectivity index (χ2v) is 5.54. The van der Waals surface area contributed by atoms with Crippen LogP contribution in [-0.2, 0) is 22.4 Å². The summed E-state index contributed by atoms with van der Waals surface area (Å²) in [6.45, 7) is 1.89. The summed E-state index contributed by atoms with van der Waals surface area (Å²) in [4.78, 5) is 28.2. The van der Waals surface area contributed by atoms with Gasteiger partial charge >= 0.3 is 5.97 Å². The van der Waals surface area contributed by atoms with E-state index >= 15 is 0 Å². The predicted octanol–water partition coefficient (Wildman–Crippen LogP) is 1.79. The lowest BCUT2D eigenvalue weighted by atomic mass is 10.1. The van der Waals surface area contributed by atoms with Crippen molar-refractivity contribution in [1.82, 2.24) is 10.3 Å². The smallest absolute Gasteiger partial charge is 0.326 e.